The standard InChI is InChI=1S/C21H23ClN2O3/c22-16-5-7-18(8-6-16)26-14-17(25)13-24-11-9-15(10-12-24)21-23-19-3-1-2-4-20(19)27-21/h1-8,15,17,25H,9-14H2. The summed E-state index contributed by atoms with van der Waals surface area (Å²) in [6.07, 6.45) is 1.44. The van der Waals surface area contributed by atoms with Gasteiger partial charge >= 0.3 is 0 Å². The summed E-state index contributed by atoms with van der Waals surface area (Å²) in [5.74, 6) is 1.90. The molecule has 1 fully saturated rings. The molecule has 4 rings (SSSR count). The lowest BCUT2D eigenvalue weighted by Crippen LogP contribution is -2.40. The van der Waals surface area contributed by atoms with Crippen molar-refractivity contribution in [2.24, 2.45) is 0 Å². The Kier molecular flexibility index (Phi) is 5.62. The third-order valence-electron chi connectivity index (χ3n) is 4.97. The number of oxazole rings is 1. The van der Waals surface area contributed by atoms with Crippen LogP contribution in [0.1, 0.15) is 24.7 Å². The third kappa shape index (κ3) is 4.61. The second kappa shape index (κ2) is 8.30. The Bertz CT molecular complexity index is 840. The van der Waals surface area contributed by atoms with Gasteiger partial charge in [-0.2, -0.15) is 0 Å². The number of para-hydroxylation sites is 2. The Morgan fingerprint density at radius 1 is 1.15 bits per heavy atom. The fourth-order valence-electron chi connectivity index (χ4n) is 3.50. The van der Waals surface area contributed by atoms with Gasteiger partial charge in [-0.15, -0.1) is 0 Å². The first kappa shape index (κ1) is 18.3. The van der Waals surface area contributed by atoms with Crippen LogP contribution < -0.4 is 4.74 Å². The molecule has 142 valence electrons. The van der Waals surface area contributed by atoms with Gasteiger partial charge in [0.15, 0.2) is 11.5 Å². The van der Waals surface area contributed by atoms with Crippen molar-refractivity contribution in [3.05, 3.63) is 59.4 Å². The number of rotatable bonds is 6. The van der Waals surface area contributed by atoms with Crippen LogP contribution in [-0.4, -0.2) is 47.3 Å². The van der Waals surface area contributed by atoms with Crippen LogP contribution in [0.4, 0.5) is 0 Å². The van der Waals surface area contributed by atoms with Crippen molar-refractivity contribution in [1.29, 1.82) is 0 Å². The van der Waals surface area contributed by atoms with Crippen molar-refractivity contribution >= 4 is 22.7 Å². The second-order valence-corrected chi connectivity index (χ2v) is 7.45. The summed E-state index contributed by atoms with van der Waals surface area (Å²) in [4.78, 5) is 6.90. The molecule has 1 aromatic heterocycles. The highest BCUT2D eigenvalue weighted by molar-refractivity contribution is 6.30. The average Bonchev–Trinajstić information content (AvgIpc) is 3.12. The summed E-state index contributed by atoms with van der Waals surface area (Å²) in [5, 5.41) is 10.9. The van der Waals surface area contributed by atoms with Crippen molar-refractivity contribution < 1.29 is 14.3 Å². The first-order chi connectivity index (χ1) is 13.2. The summed E-state index contributed by atoms with van der Waals surface area (Å²) in [7, 11) is 0. The van der Waals surface area contributed by atoms with Crippen LogP contribution in [0.15, 0.2) is 52.9 Å². The number of benzene rings is 2. The Labute approximate surface area is 163 Å². The van der Waals surface area contributed by atoms with E-state index >= 15 is 0 Å². The molecule has 0 aliphatic carbocycles. The number of hydrogen-bond acceptors (Lipinski definition) is 5. The molecule has 6 heteroatoms. The fourth-order valence-corrected chi connectivity index (χ4v) is 3.63. The lowest BCUT2D eigenvalue weighted by atomic mass is 9.96. The van der Waals surface area contributed by atoms with E-state index in [1.54, 1.807) is 24.3 Å². The van der Waals surface area contributed by atoms with E-state index < -0.39 is 6.10 Å². The zero-order chi connectivity index (χ0) is 18.6. The van der Waals surface area contributed by atoms with Crippen molar-refractivity contribution in [2.75, 3.05) is 26.2 Å². The predicted molar refractivity (Wildman–Crippen MR) is 105 cm³/mol. The number of aliphatic hydroxyl groups excluding tert-OH is 1. The van der Waals surface area contributed by atoms with Gasteiger partial charge in [0.1, 0.15) is 24.0 Å². The maximum atomic E-state index is 10.3. The van der Waals surface area contributed by atoms with E-state index in [2.05, 4.69) is 9.88 Å². The van der Waals surface area contributed by atoms with Gasteiger partial charge in [-0.05, 0) is 62.3 Å². The molecular weight excluding hydrogens is 364 g/mol. The van der Waals surface area contributed by atoms with Gasteiger partial charge in [-0.3, -0.25) is 0 Å². The van der Waals surface area contributed by atoms with Gasteiger partial charge in [0.2, 0.25) is 0 Å². The summed E-state index contributed by atoms with van der Waals surface area (Å²) in [5.41, 5.74) is 1.77. The van der Waals surface area contributed by atoms with Crippen LogP contribution >= 0.6 is 11.6 Å². The lowest BCUT2D eigenvalue weighted by molar-refractivity contribution is 0.0583. The molecule has 0 amide bonds. The molecule has 0 spiro atoms. The van der Waals surface area contributed by atoms with Crippen LogP contribution in [0.3, 0.4) is 0 Å². The zero-order valence-electron chi connectivity index (χ0n) is 15.1. The molecule has 1 atom stereocenters. The highest BCUT2D eigenvalue weighted by Crippen LogP contribution is 2.29. The van der Waals surface area contributed by atoms with Crippen LogP contribution in [0, 0.1) is 0 Å². The molecule has 1 saturated heterocycles. The minimum absolute atomic E-state index is 0.271. The maximum absolute atomic E-state index is 10.3. The van der Waals surface area contributed by atoms with Gasteiger partial charge in [0.25, 0.3) is 0 Å². The topological polar surface area (TPSA) is 58.7 Å². The van der Waals surface area contributed by atoms with E-state index in [-0.39, 0.29) is 6.61 Å². The number of β-amino-alcohol motifs (C(OH)–C–C–N with tert-alkyl or cyclic N) is 1. The Balaban J connectivity index is 1.24. The molecule has 1 unspecified atom stereocenters. The maximum Gasteiger partial charge on any atom is 0.198 e. The largest absolute Gasteiger partial charge is 0.491 e. The number of fused-ring (bicyclic) bond motifs is 1. The SMILES string of the molecule is OC(COc1ccc(Cl)cc1)CN1CCC(c2nc3ccccc3o2)CC1. The lowest BCUT2D eigenvalue weighted by Gasteiger charge is -2.31. The molecule has 2 aromatic carbocycles. The Hall–Kier alpha value is -2.08. The molecule has 0 radical (unpaired) electrons. The molecule has 0 saturated carbocycles. The average molecular weight is 387 g/mol. The van der Waals surface area contributed by atoms with Gasteiger partial charge in [0, 0.05) is 17.5 Å². The highest BCUT2D eigenvalue weighted by atomic mass is 35.5. The van der Waals surface area contributed by atoms with Crippen molar-refractivity contribution in [2.45, 2.75) is 24.9 Å². The summed E-state index contributed by atoms with van der Waals surface area (Å²) in [6, 6.07) is 15.0. The first-order valence-corrected chi connectivity index (χ1v) is 9.69. The second-order valence-electron chi connectivity index (χ2n) is 7.01. The van der Waals surface area contributed by atoms with Crippen molar-refractivity contribution in [1.82, 2.24) is 9.88 Å². The molecule has 1 N–H and O–H groups in total. The van der Waals surface area contributed by atoms with Gasteiger partial charge in [-0.25, -0.2) is 4.98 Å². The molecule has 5 nitrogen and oxygen atoms in total. The van der Waals surface area contributed by atoms with E-state index in [0.29, 0.717) is 23.2 Å². The van der Waals surface area contributed by atoms with Crippen LogP contribution in [0.25, 0.3) is 11.1 Å². The fraction of sp³-hybridized carbons (Fsp3) is 0.381. The quantitative estimate of drug-likeness (QED) is 0.691. The molecular formula is C21H23ClN2O3. The number of hydrogen-bond donors (Lipinski definition) is 1. The van der Waals surface area contributed by atoms with E-state index in [1.165, 1.54) is 0 Å². The summed E-state index contributed by atoms with van der Waals surface area (Å²) < 4.78 is 11.5. The van der Waals surface area contributed by atoms with Crippen LogP contribution in [-0.2, 0) is 0 Å². The van der Waals surface area contributed by atoms with Crippen LogP contribution in [0.2, 0.25) is 5.02 Å². The van der Waals surface area contributed by atoms with Crippen molar-refractivity contribution in [3.63, 3.8) is 0 Å². The number of halogens is 1. The Morgan fingerprint density at radius 3 is 2.63 bits per heavy atom. The molecule has 0 bridgehead atoms. The van der Waals surface area contributed by atoms with E-state index in [9.17, 15) is 5.11 Å². The monoisotopic (exact) mass is 386 g/mol. The van der Waals surface area contributed by atoms with Gasteiger partial charge in [-0.1, -0.05) is 23.7 Å². The number of aromatic nitrogens is 1. The Morgan fingerprint density at radius 2 is 1.89 bits per heavy atom. The smallest absolute Gasteiger partial charge is 0.198 e. The normalized spacial score (nSPS) is 17.3. The van der Waals surface area contributed by atoms with Crippen LogP contribution in [0.5, 0.6) is 5.75 Å². The molecule has 1 aliphatic rings. The molecule has 1 aliphatic heterocycles. The minimum Gasteiger partial charge on any atom is -0.491 e. The van der Waals surface area contributed by atoms with E-state index in [0.717, 1.165) is 42.9 Å². The van der Waals surface area contributed by atoms with Gasteiger partial charge < -0.3 is 19.2 Å². The van der Waals surface area contributed by atoms with E-state index in [4.69, 9.17) is 20.8 Å². The first-order valence-electron chi connectivity index (χ1n) is 9.31. The van der Waals surface area contributed by atoms with E-state index in [1.807, 2.05) is 24.3 Å². The highest BCUT2D eigenvalue weighted by Gasteiger charge is 2.25. The number of piperidine rings is 1. The predicted octanol–water partition coefficient (Wildman–Crippen LogP) is 4.10. The number of ether oxygens (including phenoxy) is 1. The van der Waals surface area contributed by atoms with Gasteiger partial charge in [0.05, 0.1) is 0 Å². The third-order valence-corrected chi connectivity index (χ3v) is 5.22. The number of nitrogens with zero attached hydrogens (tertiary/aromatic N) is 2. The zero-order valence-corrected chi connectivity index (χ0v) is 15.8. The number of likely N-dealkylation sites (tertiary alicyclic amines) is 1. The van der Waals surface area contributed by atoms with Crippen molar-refractivity contribution in [3.8, 4) is 5.75 Å². The molecule has 3 aromatic rings. The summed E-state index contributed by atoms with van der Waals surface area (Å²) in [6.45, 7) is 2.71. The molecule has 2 heterocycles. The minimum atomic E-state index is -0.526. The molecule has 27 heavy (non-hydrogen) atoms. The number of aliphatic hydroxyl groups is 1. The summed E-state index contributed by atoms with van der Waals surface area (Å²) >= 11 is 5.86.